The molecule has 0 heterocycles. The van der Waals surface area contributed by atoms with Crippen molar-refractivity contribution in [2.45, 2.75) is 12.8 Å². The molecule has 1 nitrogen and oxygen atoms in total. The summed E-state index contributed by atoms with van der Waals surface area (Å²) in [5, 5.41) is 0. The molecule has 0 radical (unpaired) electrons. The summed E-state index contributed by atoms with van der Waals surface area (Å²) in [5.74, 6) is -5.92. The Morgan fingerprint density at radius 2 is 1.94 bits per heavy atom. The van der Waals surface area contributed by atoms with Gasteiger partial charge in [-0.2, -0.15) is 8.78 Å². The summed E-state index contributed by atoms with van der Waals surface area (Å²) in [6, 6.07) is 7.55. The predicted molar refractivity (Wildman–Crippen MR) is 64.2 cm³/mol. The van der Waals surface area contributed by atoms with Crippen molar-refractivity contribution in [2.75, 3.05) is 0 Å². The van der Waals surface area contributed by atoms with Crippen LogP contribution in [0.25, 0.3) is 0 Å². The van der Waals surface area contributed by atoms with Gasteiger partial charge in [0.15, 0.2) is 0 Å². The minimum absolute atomic E-state index is 0.00820. The molecule has 1 aromatic carbocycles. The van der Waals surface area contributed by atoms with Gasteiger partial charge in [-0.25, -0.2) is 0 Å². The van der Waals surface area contributed by atoms with Gasteiger partial charge >= 0.3 is 5.92 Å². The largest absolute Gasteiger partial charge is 0.319 e. The maximum Gasteiger partial charge on any atom is 0.319 e. The summed E-state index contributed by atoms with van der Waals surface area (Å²) in [6.45, 7) is 4.96. The molecule has 0 saturated carbocycles. The van der Waals surface area contributed by atoms with Crippen LogP contribution >= 0.6 is 0 Å². The van der Waals surface area contributed by atoms with Crippen LogP contribution in [0.4, 0.5) is 8.78 Å². The van der Waals surface area contributed by atoms with E-state index >= 15 is 0 Å². The number of halogens is 2. The molecule has 0 N–H and O–H groups in total. The number of ketones is 1. The number of hydrogen-bond donors (Lipinski definition) is 0. The van der Waals surface area contributed by atoms with Crippen molar-refractivity contribution in [2.24, 2.45) is 5.92 Å². The van der Waals surface area contributed by atoms with E-state index in [1.54, 1.807) is 25.1 Å². The van der Waals surface area contributed by atoms with Gasteiger partial charge in [-0.05, 0) is 6.92 Å². The number of Topliss-reactive ketones (excluding diaryl/α,β-unsaturated/α-hetero) is 1. The summed E-state index contributed by atoms with van der Waals surface area (Å²) in [4.78, 5) is 11.7. The third kappa shape index (κ3) is 2.87. The molecule has 0 spiro atoms. The third-order valence-corrected chi connectivity index (χ3v) is 2.41. The molecule has 1 unspecified atom stereocenters. The molecule has 17 heavy (non-hydrogen) atoms. The van der Waals surface area contributed by atoms with Crippen molar-refractivity contribution in [3.8, 4) is 0 Å². The van der Waals surface area contributed by atoms with E-state index in [0.29, 0.717) is 0 Å². The van der Waals surface area contributed by atoms with E-state index in [0.717, 1.165) is 6.08 Å². The number of alkyl halides is 2. The lowest BCUT2D eigenvalue weighted by Gasteiger charge is -2.20. The van der Waals surface area contributed by atoms with Crippen LogP contribution in [0.15, 0.2) is 55.1 Å². The van der Waals surface area contributed by atoms with Gasteiger partial charge < -0.3 is 0 Å². The summed E-state index contributed by atoms with van der Waals surface area (Å²) < 4.78 is 27.8. The Morgan fingerprint density at radius 3 is 2.41 bits per heavy atom. The van der Waals surface area contributed by atoms with Gasteiger partial charge in [0.2, 0.25) is 5.78 Å². The first-order valence-corrected chi connectivity index (χ1v) is 5.27. The minimum atomic E-state index is -3.46. The number of hydrogen-bond acceptors (Lipinski definition) is 1. The highest BCUT2D eigenvalue weighted by Crippen LogP contribution is 2.30. The van der Waals surface area contributed by atoms with Gasteiger partial charge in [0.25, 0.3) is 0 Å². The van der Waals surface area contributed by atoms with Gasteiger partial charge in [-0.3, -0.25) is 4.79 Å². The molecule has 0 bridgehead atoms. The fraction of sp³-hybridized carbons (Fsp3) is 0.214. The first kappa shape index (κ1) is 13.3. The lowest BCUT2D eigenvalue weighted by Crippen LogP contribution is -2.35. The van der Waals surface area contributed by atoms with Crippen molar-refractivity contribution in [3.05, 3.63) is 60.7 Å². The number of carbonyl (C=O) groups excluding carboxylic acids is 1. The summed E-state index contributed by atoms with van der Waals surface area (Å²) in [6.07, 6.45) is 3.84. The number of benzene rings is 1. The SMILES string of the molecule is C=CC(/C=C/C)C(F)(F)C(=O)c1ccccc1. The second-order valence-corrected chi connectivity index (χ2v) is 3.61. The Labute approximate surface area is 99.5 Å². The molecule has 1 rings (SSSR count). The second kappa shape index (κ2) is 5.53. The van der Waals surface area contributed by atoms with Crippen molar-refractivity contribution < 1.29 is 13.6 Å². The zero-order valence-corrected chi connectivity index (χ0v) is 9.57. The summed E-state index contributed by atoms with van der Waals surface area (Å²) in [7, 11) is 0. The highest BCUT2D eigenvalue weighted by Gasteiger charge is 2.44. The smallest absolute Gasteiger partial charge is 0.287 e. The zero-order chi connectivity index (χ0) is 12.9. The molecule has 1 atom stereocenters. The Bertz CT molecular complexity index is 421. The Kier molecular flexibility index (Phi) is 4.32. The summed E-state index contributed by atoms with van der Waals surface area (Å²) >= 11 is 0. The molecule has 90 valence electrons. The first-order chi connectivity index (χ1) is 8.04. The molecular weight excluding hydrogens is 222 g/mol. The zero-order valence-electron chi connectivity index (χ0n) is 9.57. The van der Waals surface area contributed by atoms with Crippen LogP contribution in [0.1, 0.15) is 17.3 Å². The average Bonchev–Trinajstić information content (AvgIpc) is 2.35. The lowest BCUT2D eigenvalue weighted by molar-refractivity contribution is -0.00587. The second-order valence-electron chi connectivity index (χ2n) is 3.61. The van der Waals surface area contributed by atoms with Crippen LogP contribution in [0.2, 0.25) is 0 Å². The molecular formula is C14H14F2O. The van der Waals surface area contributed by atoms with Crippen LogP contribution in [0, 0.1) is 5.92 Å². The van der Waals surface area contributed by atoms with Crippen LogP contribution in [-0.2, 0) is 0 Å². The van der Waals surface area contributed by atoms with Crippen molar-refractivity contribution in [1.82, 2.24) is 0 Å². The summed E-state index contributed by atoms with van der Waals surface area (Å²) in [5.41, 5.74) is 0.00820. The van der Waals surface area contributed by atoms with Crippen LogP contribution in [-0.4, -0.2) is 11.7 Å². The maximum atomic E-state index is 13.9. The van der Waals surface area contributed by atoms with E-state index < -0.39 is 17.6 Å². The van der Waals surface area contributed by atoms with Gasteiger partial charge in [-0.15, -0.1) is 6.58 Å². The molecule has 0 saturated heterocycles. The van der Waals surface area contributed by atoms with Crippen molar-refractivity contribution >= 4 is 5.78 Å². The molecule has 3 heteroatoms. The highest BCUT2D eigenvalue weighted by atomic mass is 19.3. The van der Waals surface area contributed by atoms with E-state index in [4.69, 9.17) is 0 Å². The number of rotatable bonds is 5. The van der Waals surface area contributed by atoms with E-state index in [9.17, 15) is 13.6 Å². The fourth-order valence-corrected chi connectivity index (χ4v) is 1.49. The van der Waals surface area contributed by atoms with Crippen molar-refractivity contribution in [1.29, 1.82) is 0 Å². The molecule has 0 aliphatic rings. The van der Waals surface area contributed by atoms with Gasteiger partial charge in [0.05, 0.1) is 5.92 Å². The lowest BCUT2D eigenvalue weighted by atomic mass is 9.93. The topological polar surface area (TPSA) is 17.1 Å². The minimum Gasteiger partial charge on any atom is -0.287 e. The quantitative estimate of drug-likeness (QED) is 0.560. The first-order valence-electron chi connectivity index (χ1n) is 5.27. The average molecular weight is 236 g/mol. The monoisotopic (exact) mass is 236 g/mol. The standard InChI is InChI=1S/C14H14F2O/c1-3-8-12(4-2)14(15,16)13(17)11-9-6-5-7-10-11/h3-10,12H,2H2,1H3/b8-3+. The molecule has 1 aromatic rings. The predicted octanol–water partition coefficient (Wildman–Crippen LogP) is 3.88. The maximum absolute atomic E-state index is 13.9. The van der Waals surface area contributed by atoms with Crippen molar-refractivity contribution in [3.63, 3.8) is 0 Å². The Hall–Kier alpha value is -1.77. The van der Waals surface area contributed by atoms with E-state index in [2.05, 4.69) is 6.58 Å². The van der Waals surface area contributed by atoms with E-state index in [1.165, 1.54) is 24.3 Å². The van der Waals surface area contributed by atoms with Crippen LogP contribution < -0.4 is 0 Å². The van der Waals surface area contributed by atoms with Gasteiger partial charge in [0, 0.05) is 5.56 Å². The van der Waals surface area contributed by atoms with E-state index in [-0.39, 0.29) is 5.56 Å². The fourth-order valence-electron chi connectivity index (χ4n) is 1.49. The highest BCUT2D eigenvalue weighted by molar-refractivity contribution is 6.01. The van der Waals surface area contributed by atoms with E-state index in [1.807, 2.05) is 0 Å². The van der Waals surface area contributed by atoms with Crippen LogP contribution in [0.3, 0.4) is 0 Å². The normalized spacial score (nSPS) is 13.6. The molecule has 0 aromatic heterocycles. The van der Waals surface area contributed by atoms with Gasteiger partial charge in [-0.1, -0.05) is 48.6 Å². The van der Waals surface area contributed by atoms with Crippen LogP contribution in [0.5, 0.6) is 0 Å². The Morgan fingerprint density at radius 1 is 1.35 bits per heavy atom. The number of carbonyl (C=O) groups is 1. The molecule has 0 amide bonds. The third-order valence-electron chi connectivity index (χ3n) is 2.41. The molecule has 0 aliphatic carbocycles. The number of allylic oxidation sites excluding steroid dienone is 3. The molecule has 0 aliphatic heterocycles. The molecule has 0 fully saturated rings. The van der Waals surface area contributed by atoms with Gasteiger partial charge in [0.1, 0.15) is 0 Å². The Balaban J connectivity index is 3.05.